The summed E-state index contributed by atoms with van der Waals surface area (Å²) in [4.78, 5) is 15.3. The van der Waals surface area contributed by atoms with Gasteiger partial charge in [0.1, 0.15) is 0 Å². The van der Waals surface area contributed by atoms with Gasteiger partial charge in [0, 0.05) is 6.54 Å². The minimum absolute atomic E-state index is 0.00186. The van der Waals surface area contributed by atoms with Crippen molar-refractivity contribution in [2.45, 2.75) is 33.2 Å². The Morgan fingerprint density at radius 1 is 1.45 bits per heavy atom. The number of halogens is 3. The first-order valence-electron chi connectivity index (χ1n) is 5.87. The molecule has 20 heavy (non-hydrogen) atoms. The lowest BCUT2D eigenvalue weighted by molar-refractivity contribution is -0.275. The number of aryl methyl sites for hydroxylation is 1. The van der Waals surface area contributed by atoms with Gasteiger partial charge >= 0.3 is 12.3 Å². The molecular weight excluding hydrogens is 277 g/mol. The summed E-state index contributed by atoms with van der Waals surface area (Å²) in [5.41, 5.74) is 6.12. The number of hydrogen-bond donors (Lipinski definition) is 1. The van der Waals surface area contributed by atoms with Gasteiger partial charge in [-0.2, -0.15) is 0 Å². The lowest BCUT2D eigenvalue weighted by atomic mass is 10.1. The molecule has 5 nitrogen and oxygen atoms in total. The van der Waals surface area contributed by atoms with Crippen LogP contribution < -0.4 is 10.5 Å². The molecule has 0 saturated carbocycles. The Balaban J connectivity index is 3.08. The number of nitrogens with two attached hydrogens (primary N) is 1. The third-order valence-corrected chi connectivity index (χ3v) is 2.39. The maximum atomic E-state index is 12.3. The zero-order valence-electron chi connectivity index (χ0n) is 11.1. The molecule has 0 aliphatic heterocycles. The predicted molar refractivity (Wildman–Crippen MR) is 63.9 cm³/mol. The Morgan fingerprint density at radius 3 is 2.60 bits per heavy atom. The summed E-state index contributed by atoms with van der Waals surface area (Å²) in [6.45, 7) is 3.19. The van der Waals surface area contributed by atoms with Gasteiger partial charge in [0.15, 0.2) is 5.75 Å². The van der Waals surface area contributed by atoms with Gasteiger partial charge < -0.3 is 15.2 Å². The van der Waals surface area contributed by atoms with Gasteiger partial charge in [-0.25, -0.2) is 0 Å². The van der Waals surface area contributed by atoms with E-state index in [0.717, 1.165) is 6.07 Å². The summed E-state index contributed by atoms with van der Waals surface area (Å²) in [5, 5.41) is 0. The fraction of sp³-hybridized carbons (Fsp3) is 0.500. The molecule has 0 aliphatic carbocycles. The van der Waals surface area contributed by atoms with Crippen LogP contribution in [0, 0.1) is 6.92 Å². The Hall–Kier alpha value is -1.83. The molecule has 0 spiro atoms. The van der Waals surface area contributed by atoms with Crippen molar-refractivity contribution in [2.75, 3.05) is 6.61 Å². The molecule has 0 aliphatic rings. The van der Waals surface area contributed by atoms with Crippen molar-refractivity contribution in [2.24, 2.45) is 5.73 Å². The average molecular weight is 292 g/mol. The van der Waals surface area contributed by atoms with Gasteiger partial charge in [-0.1, -0.05) is 0 Å². The second-order valence-electron chi connectivity index (χ2n) is 3.91. The molecule has 2 N–H and O–H groups in total. The maximum absolute atomic E-state index is 12.3. The van der Waals surface area contributed by atoms with Crippen molar-refractivity contribution in [3.8, 4) is 5.75 Å². The molecule has 0 saturated heterocycles. The van der Waals surface area contributed by atoms with Gasteiger partial charge in [0.05, 0.1) is 24.4 Å². The predicted octanol–water partition coefficient (Wildman–Crippen LogP) is 1.85. The highest BCUT2D eigenvalue weighted by Crippen LogP contribution is 2.27. The summed E-state index contributed by atoms with van der Waals surface area (Å²) < 4.78 is 45.4. The van der Waals surface area contributed by atoms with Gasteiger partial charge in [-0.15, -0.1) is 13.2 Å². The smallest absolute Gasteiger partial charge is 0.466 e. The van der Waals surface area contributed by atoms with Crippen molar-refractivity contribution >= 4 is 5.97 Å². The molecule has 1 rings (SSSR count). The first-order valence-corrected chi connectivity index (χ1v) is 5.87. The molecule has 0 aromatic carbocycles. The number of alkyl halides is 3. The number of carbonyl (C=O) groups is 1. The SMILES string of the molecule is CCOC(=O)Cc1cc(OC(F)(F)F)c(C)nc1CN. The van der Waals surface area contributed by atoms with Gasteiger partial charge in [-0.05, 0) is 25.5 Å². The summed E-state index contributed by atoms with van der Waals surface area (Å²) in [6, 6.07) is 1.12. The van der Waals surface area contributed by atoms with Crippen LogP contribution in [0.4, 0.5) is 13.2 Å². The van der Waals surface area contributed by atoms with Crippen LogP contribution in [0.1, 0.15) is 23.9 Å². The molecule has 0 fully saturated rings. The number of nitrogens with zero attached hydrogens (tertiary/aromatic N) is 1. The van der Waals surface area contributed by atoms with E-state index < -0.39 is 18.1 Å². The van der Waals surface area contributed by atoms with E-state index in [4.69, 9.17) is 10.5 Å². The van der Waals surface area contributed by atoms with Crippen LogP contribution in [0.3, 0.4) is 0 Å². The van der Waals surface area contributed by atoms with E-state index in [1.54, 1.807) is 6.92 Å². The van der Waals surface area contributed by atoms with Crippen LogP contribution in [-0.2, 0) is 22.5 Å². The first kappa shape index (κ1) is 16.2. The van der Waals surface area contributed by atoms with Gasteiger partial charge in [-0.3, -0.25) is 9.78 Å². The fourth-order valence-corrected chi connectivity index (χ4v) is 1.60. The number of aromatic nitrogens is 1. The molecule has 0 radical (unpaired) electrons. The summed E-state index contributed by atoms with van der Waals surface area (Å²) >= 11 is 0. The largest absolute Gasteiger partial charge is 0.573 e. The van der Waals surface area contributed by atoms with Crippen LogP contribution in [0.5, 0.6) is 5.75 Å². The van der Waals surface area contributed by atoms with Crippen LogP contribution >= 0.6 is 0 Å². The van der Waals surface area contributed by atoms with E-state index in [1.807, 2.05) is 0 Å². The van der Waals surface area contributed by atoms with E-state index >= 15 is 0 Å². The van der Waals surface area contributed by atoms with Crippen molar-refractivity contribution in [3.63, 3.8) is 0 Å². The normalized spacial score (nSPS) is 11.3. The zero-order chi connectivity index (χ0) is 15.3. The number of esters is 1. The van der Waals surface area contributed by atoms with E-state index in [0.29, 0.717) is 5.69 Å². The van der Waals surface area contributed by atoms with E-state index in [2.05, 4.69) is 9.72 Å². The molecule has 0 unspecified atom stereocenters. The fourth-order valence-electron chi connectivity index (χ4n) is 1.60. The molecule has 8 heteroatoms. The maximum Gasteiger partial charge on any atom is 0.573 e. The molecule has 0 atom stereocenters. The third kappa shape index (κ3) is 4.69. The lowest BCUT2D eigenvalue weighted by Gasteiger charge is -2.14. The van der Waals surface area contributed by atoms with E-state index in [1.165, 1.54) is 6.92 Å². The van der Waals surface area contributed by atoms with Crippen LogP contribution in [0.15, 0.2) is 6.07 Å². The highest BCUT2D eigenvalue weighted by molar-refractivity contribution is 5.73. The number of hydrogen-bond acceptors (Lipinski definition) is 5. The Kier molecular flexibility index (Phi) is 5.32. The first-order chi connectivity index (χ1) is 9.26. The van der Waals surface area contributed by atoms with Crippen molar-refractivity contribution < 1.29 is 27.4 Å². The molecule has 1 aromatic rings. The summed E-state index contributed by atoms with van der Waals surface area (Å²) in [5.74, 6) is -1.01. The number of carbonyl (C=O) groups excluding carboxylic acids is 1. The third-order valence-electron chi connectivity index (χ3n) is 2.39. The minimum atomic E-state index is -4.82. The monoisotopic (exact) mass is 292 g/mol. The van der Waals surface area contributed by atoms with Crippen molar-refractivity contribution in [1.29, 1.82) is 0 Å². The molecule has 1 aromatic heterocycles. The van der Waals surface area contributed by atoms with Gasteiger partial charge in [0.2, 0.25) is 0 Å². The second kappa shape index (κ2) is 6.56. The standard InChI is InChI=1S/C12H15F3N2O3/c1-3-19-11(18)5-8-4-10(20-12(13,14)15)7(2)17-9(8)6-16/h4H,3,5-6,16H2,1-2H3. The summed E-state index contributed by atoms with van der Waals surface area (Å²) in [6.07, 6.45) is -5.03. The zero-order valence-corrected chi connectivity index (χ0v) is 11.1. The minimum Gasteiger partial charge on any atom is -0.466 e. The van der Waals surface area contributed by atoms with Crippen molar-refractivity contribution in [3.05, 3.63) is 23.0 Å². The van der Waals surface area contributed by atoms with Crippen LogP contribution in [0.25, 0.3) is 0 Å². The molecule has 1 heterocycles. The number of ether oxygens (including phenoxy) is 2. The summed E-state index contributed by atoms with van der Waals surface area (Å²) in [7, 11) is 0. The number of pyridine rings is 1. The van der Waals surface area contributed by atoms with E-state index in [9.17, 15) is 18.0 Å². The molecule has 0 bridgehead atoms. The number of rotatable bonds is 5. The highest BCUT2D eigenvalue weighted by Gasteiger charge is 2.32. The van der Waals surface area contributed by atoms with Crippen LogP contribution in [0.2, 0.25) is 0 Å². The average Bonchev–Trinajstić information content (AvgIpc) is 2.31. The van der Waals surface area contributed by atoms with E-state index in [-0.39, 0.29) is 30.8 Å². The Labute approximate surface area is 113 Å². The van der Waals surface area contributed by atoms with Crippen LogP contribution in [-0.4, -0.2) is 23.9 Å². The topological polar surface area (TPSA) is 74.4 Å². The molecular formula is C12H15F3N2O3. The lowest BCUT2D eigenvalue weighted by Crippen LogP contribution is -2.19. The second-order valence-corrected chi connectivity index (χ2v) is 3.91. The molecule has 0 amide bonds. The molecule has 112 valence electrons. The quantitative estimate of drug-likeness (QED) is 0.838. The van der Waals surface area contributed by atoms with Crippen molar-refractivity contribution in [1.82, 2.24) is 4.98 Å². The highest BCUT2D eigenvalue weighted by atomic mass is 19.4. The van der Waals surface area contributed by atoms with Gasteiger partial charge in [0.25, 0.3) is 0 Å². The Morgan fingerprint density at radius 2 is 2.10 bits per heavy atom. The Bertz CT molecular complexity index is 490.